The molecule has 1 aliphatic rings. The van der Waals surface area contributed by atoms with Gasteiger partial charge in [-0.2, -0.15) is 4.98 Å². The summed E-state index contributed by atoms with van der Waals surface area (Å²) in [6.07, 6.45) is 7.24. The Balaban J connectivity index is 1.90. The largest absolute Gasteiger partial charge is 0.360 e. The topological polar surface area (TPSA) is 58.9 Å². The minimum Gasteiger partial charge on any atom is -0.360 e. The Morgan fingerprint density at radius 3 is 2.68 bits per heavy atom. The molecular formula is C16H24N6. The highest BCUT2D eigenvalue weighted by Gasteiger charge is 2.35. The van der Waals surface area contributed by atoms with Crippen LogP contribution in [0.4, 0.5) is 11.8 Å². The summed E-state index contributed by atoms with van der Waals surface area (Å²) in [6.45, 7) is 2.11. The van der Waals surface area contributed by atoms with Gasteiger partial charge in [0, 0.05) is 45.3 Å². The van der Waals surface area contributed by atoms with Crippen molar-refractivity contribution in [1.29, 1.82) is 0 Å². The molecule has 22 heavy (non-hydrogen) atoms. The summed E-state index contributed by atoms with van der Waals surface area (Å²) in [5, 5.41) is 3.59. The van der Waals surface area contributed by atoms with E-state index >= 15 is 0 Å². The maximum Gasteiger partial charge on any atom is 0.226 e. The summed E-state index contributed by atoms with van der Waals surface area (Å²) < 4.78 is 2.09. The van der Waals surface area contributed by atoms with Gasteiger partial charge in [-0.3, -0.25) is 0 Å². The third kappa shape index (κ3) is 3.05. The van der Waals surface area contributed by atoms with Crippen molar-refractivity contribution in [3.8, 4) is 0 Å². The van der Waals surface area contributed by atoms with Crippen molar-refractivity contribution < 1.29 is 0 Å². The van der Waals surface area contributed by atoms with E-state index < -0.39 is 0 Å². The van der Waals surface area contributed by atoms with E-state index in [9.17, 15) is 0 Å². The fraction of sp³-hybridized carbons (Fsp3) is 0.562. The van der Waals surface area contributed by atoms with Crippen molar-refractivity contribution in [3.63, 3.8) is 0 Å². The number of nitrogens with zero attached hydrogens (tertiary/aromatic N) is 5. The zero-order valence-corrected chi connectivity index (χ0v) is 13.7. The van der Waals surface area contributed by atoms with Gasteiger partial charge in [0.15, 0.2) is 0 Å². The van der Waals surface area contributed by atoms with Gasteiger partial charge < -0.3 is 14.8 Å². The molecular weight excluding hydrogens is 276 g/mol. The zero-order chi connectivity index (χ0) is 15.7. The van der Waals surface area contributed by atoms with Crippen LogP contribution in [0, 0.1) is 5.92 Å². The summed E-state index contributed by atoms with van der Waals surface area (Å²) in [4.78, 5) is 15.7. The fourth-order valence-corrected chi connectivity index (χ4v) is 2.60. The molecule has 2 aromatic rings. The predicted molar refractivity (Wildman–Crippen MR) is 88.0 cm³/mol. The minimum atomic E-state index is 0.217. The zero-order valence-electron chi connectivity index (χ0n) is 13.7. The first-order valence-electron chi connectivity index (χ1n) is 7.87. The van der Waals surface area contributed by atoms with Gasteiger partial charge in [0.1, 0.15) is 11.6 Å². The molecule has 0 radical (unpaired) electrons. The highest BCUT2D eigenvalue weighted by atomic mass is 15.2. The van der Waals surface area contributed by atoms with Gasteiger partial charge in [-0.1, -0.05) is 6.92 Å². The fourth-order valence-electron chi connectivity index (χ4n) is 2.60. The maximum atomic E-state index is 4.64. The van der Waals surface area contributed by atoms with Crippen molar-refractivity contribution in [2.75, 3.05) is 24.3 Å². The quantitative estimate of drug-likeness (QED) is 0.887. The lowest BCUT2D eigenvalue weighted by atomic mass is 10.1. The van der Waals surface area contributed by atoms with Crippen molar-refractivity contribution in [2.24, 2.45) is 13.0 Å². The van der Waals surface area contributed by atoms with E-state index in [-0.39, 0.29) is 6.04 Å². The van der Waals surface area contributed by atoms with E-state index in [1.54, 1.807) is 0 Å². The number of hydrogen-bond acceptors (Lipinski definition) is 5. The summed E-state index contributed by atoms with van der Waals surface area (Å²) in [5.41, 5.74) is 1.05. The van der Waals surface area contributed by atoms with Crippen molar-refractivity contribution in [1.82, 2.24) is 19.5 Å². The van der Waals surface area contributed by atoms with Gasteiger partial charge in [-0.05, 0) is 25.2 Å². The molecule has 0 saturated heterocycles. The van der Waals surface area contributed by atoms with Crippen molar-refractivity contribution in [3.05, 3.63) is 30.0 Å². The molecule has 2 heterocycles. The van der Waals surface area contributed by atoms with Crippen LogP contribution in [0.1, 0.15) is 37.3 Å². The van der Waals surface area contributed by atoms with Crippen LogP contribution in [0.5, 0.6) is 0 Å². The van der Waals surface area contributed by atoms with Crippen LogP contribution in [0.3, 0.4) is 0 Å². The Bertz CT molecular complexity index is 644. The maximum absolute atomic E-state index is 4.64. The number of anilines is 2. The smallest absolute Gasteiger partial charge is 0.226 e. The molecule has 3 rings (SSSR count). The van der Waals surface area contributed by atoms with E-state index in [2.05, 4.69) is 31.8 Å². The molecule has 118 valence electrons. The second kappa shape index (κ2) is 5.94. The van der Waals surface area contributed by atoms with E-state index in [4.69, 9.17) is 0 Å². The third-order valence-electron chi connectivity index (χ3n) is 4.06. The van der Waals surface area contributed by atoms with Crippen LogP contribution in [0.25, 0.3) is 0 Å². The summed E-state index contributed by atoms with van der Waals surface area (Å²) in [5.74, 6) is 3.35. The average Bonchev–Trinajstić information content (AvgIpc) is 3.26. The lowest BCUT2D eigenvalue weighted by Gasteiger charge is -2.20. The molecule has 6 heteroatoms. The van der Waals surface area contributed by atoms with Gasteiger partial charge in [0.2, 0.25) is 5.95 Å². The van der Waals surface area contributed by atoms with Crippen molar-refractivity contribution >= 4 is 11.8 Å². The number of hydrogen-bond donors (Lipinski definition) is 1. The highest BCUT2D eigenvalue weighted by Crippen LogP contribution is 2.42. The van der Waals surface area contributed by atoms with E-state index in [0.29, 0.717) is 5.92 Å². The molecule has 1 N–H and O–H groups in total. The normalized spacial score (nSPS) is 15.6. The summed E-state index contributed by atoms with van der Waals surface area (Å²) in [6, 6.07) is 2.26. The predicted octanol–water partition coefficient (Wildman–Crippen LogP) is 2.40. The Morgan fingerprint density at radius 2 is 2.14 bits per heavy atom. The molecule has 1 fully saturated rings. The summed E-state index contributed by atoms with van der Waals surface area (Å²) >= 11 is 0. The Labute approximate surface area is 131 Å². The second-order valence-corrected chi connectivity index (χ2v) is 6.15. The molecule has 0 bridgehead atoms. The molecule has 2 aromatic heterocycles. The first-order valence-corrected chi connectivity index (χ1v) is 7.87. The second-order valence-electron chi connectivity index (χ2n) is 6.15. The average molecular weight is 300 g/mol. The van der Waals surface area contributed by atoms with Crippen LogP contribution in [0.15, 0.2) is 18.5 Å². The molecule has 1 aliphatic carbocycles. The minimum absolute atomic E-state index is 0.217. The summed E-state index contributed by atoms with van der Waals surface area (Å²) in [7, 11) is 5.98. The van der Waals surface area contributed by atoms with Gasteiger partial charge in [-0.25, -0.2) is 9.97 Å². The lowest BCUT2D eigenvalue weighted by Crippen LogP contribution is -2.20. The van der Waals surface area contributed by atoms with Crippen LogP contribution in [-0.4, -0.2) is 33.6 Å². The van der Waals surface area contributed by atoms with Gasteiger partial charge >= 0.3 is 0 Å². The van der Waals surface area contributed by atoms with E-state index in [0.717, 1.165) is 29.7 Å². The van der Waals surface area contributed by atoms with Crippen molar-refractivity contribution in [2.45, 2.75) is 32.2 Å². The number of imidazole rings is 1. The van der Waals surface area contributed by atoms with Gasteiger partial charge in [0.25, 0.3) is 0 Å². The number of aromatic nitrogens is 4. The van der Waals surface area contributed by atoms with E-state index in [1.165, 1.54) is 12.8 Å². The van der Waals surface area contributed by atoms with Crippen LogP contribution < -0.4 is 10.2 Å². The lowest BCUT2D eigenvalue weighted by molar-refractivity contribution is 0.604. The third-order valence-corrected chi connectivity index (χ3v) is 4.06. The number of aryl methyl sites for hydroxylation is 2. The first kappa shape index (κ1) is 14.8. The number of nitrogens with one attached hydrogen (secondary N) is 1. The highest BCUT2D eigenvalue weighted by molar-refractivity contribution is 5.44. The Kier molecular flexibility index (Phi) is 4.00. The van der Waals surface area contributed by atoms with E-state index in [1.807, 2.05) is 44.5 Å². The van der Waals surface area contributed by atoms with Gasteiger partial charge in [-0.15, -0.1) is 0 Å². The molecule has 6 nitrogen and oxygen atoms in total. The molecule has 1 unspecified atom stereocenters. The Hall–Kier alpha value is -2.11. The van der Waals surface area contributed by atoms with Crippen LogP contribution >= 0.6 is 0 Å². The Morgan fingerprint density at radius 1 is 1.36 bits per heavy atom. The molecule has 0 amide bonds. The molecule has 0 aromatic carbocycles. The molecule has 1 atom stereocenters. The SMILES string of the molecule is CCc1cc(NC(c2nccn2C)C2CC2)nc(N(C)C)n1. The molecule has 1 saturated carbocycles. The van der Waals surface area contributed by atoms with Gasteiger partial charge in [0.05, 0.1) is 6.04 Å². The van der Waals surface area contributed by atoms with Crippen LogP contribution in [-0.2, 0) is 13.5 Å². The molecule has 0 spiro atoms. The monoisotopic (exact) mass is 300 g/mol. The standard InChI is InChI=1S/C16H24N6/c1-5-12-10-13(20-16(18-12)21(2)3)19-14(11-6-7-11)15-17-8-9-22(15)4/h8-11,14H,5-7H2,1-4H3,(H,18,19,20). The molecule has 0 aliphatic heterocycles. The first-order chi connectivity index (χ1) is 10.6. The van der Waals surface area contributed by atoms with Crippen LogP contribution in [0.2, 0.25) is 0 Å². The number of rotatable bonds is 6.